The van der Waals surface area contributed by atoms with Crippen LogP contribution in [0.4, 0.5) is 0 Å². The summed E-state index contributed by atoms with van der Waals surface area (Å²) in [6.45, 7) is 9.24. The van der Waals surface area contributed by atoms with Crippen LogP contribution in [0.5, 0.6) is 0 Å². The molecule has 0 heterocycles. The molecule has 23 heavy (non-hydrogen) atoms. The van der Waals surface area contributed by atoms with Crippen molar-refractivity contribution < 1.29 is 0 Å². The predicted molar refractivity (Wildman–Crippen MR) is 109 cm³/mol. The van der Waals surface area contributed by atoms with Crippen LogP contribution in [0.2, 0.25) is 0 Å². The Balaban J connectivity index is 4.48. The van der Waals surface area contributed by atoms with E-state index in [0.717, 1.165) is 5.92 Å². The largest absolute Gasteiger partial charge is 0.119 e. The van der Waals surface area contributed by atoms with E-state index in [1.165, 1.54) is 103 Å². The van der Waals surface area contributed by atoms with Crippen LogP contribution in [0, 0.1) is 5.92 Å². The predicted octanol–water partition coefficient (Wildman–Crippen LogP) is 8.90. The monoisotopic (exact) mass is 344 g/mol. The SMILES string of the molecule is CCCCCCC(CC)C(Cl)(CCCCCC)CCCCCC. The number of hydrogen-bond donors (Lipinski definition) is 0. The molecule has 0 fully saturated rings. The van der Waals surface area contributed by atoms with Gasteiger partial charge in [0.05, 0.1) is 0 Å². The molecule has 0 N–H and O–H groups in total. The van der Waals surface area contributed by atoms with Crippen molar-refractivity contribution >= 4 is 11.6 Å². The van der Waals surface area contributed by atoms with Gasteiger partial charge in [0.15, 0.2) is 0 Å². The molecule has 1 unspecified atom stereocenters. The van der Waals surface area contributed by atoms with E-state index in [2.05, 4.69) is 27.7 Å². The van der Waals surface area contributed by atoms with E-state index in [9.17, 15) is 0 Å². The molecule has 0 amide bonds. The van der Waals surface area contributed by atoms with Gasteiger partial charge in [0, 0.05) is 4.87 Å². The minimum Gasteiger partial charge on any atom is -0.119 e. The maximum atomic E-state index is 7.28. The van der Waals surface area contributed by atoms with Gasteiger partial charge in [-0.1, -0.05) is 111 Å². The van der Waals surface area contributed by atoms with Crippen molar-refractivity contribution in [3.8, 4) is 0 Å². The van der Waals surface area contributed by atoms with Crippen LogP contribution in [-0.2, 0) is 0 Å². The highest BCUT2D eigenvalue weighted by atomic mass is 35.5. The van der Waals surface area contributed by atoms with Gasteiger partial charge in [0.25, 0.3) is 0 Å². The lowest BCUT2D eigenvalue weighted by Crippen LogP contribution is -2.32. The van der Waals surface area contributed by atoms with Crippen LogP contribution < -0.4 is 0 Å². The molecule has 0 aromatic rings. The summed E-state index contributed by atoms with van der Waals surface area (Å²) in [5.41, 5.74) is 0. The highest BCUT2D eigenvalue weighted by Gasteiger charge is 2.34. The van der Waals surface area contributed by atoms with Gasteiger partial charge in [-0.2, -0.15) is 0 Å². The van der Waals surface area contributed by atoms with E-state index in [-0.39, 0.29) is 4.87 Å². The van der Waals surface area contributed by atoms with E-state index in [0.29, 0.717) is 0 Å². The normalized spacial score (nSPS) is 13.4. The van der Waals surface area contributed by atoms with E-state index in [1.54, 1.807) is 0 Å². The molecule has 140 valence electrons. The minimum atomic E-state index is 0.0858. The van der Waals surface area contributed by atoms with Gasteiger partial charge in [-0.3, -0.25) is 0 Å². The van der Waals surface area contributed by atoms with Gasteiger partial charge in [0.2, 0.25) is 0 Å². The zero-order valence-electron chi connectivity index (χ0n) is 16.8. The van der Waals surface area contributed by atoms with E-state index in [1.807, 2.05) is 0 Å². The van der Waals surface area contributed by atoms with Crippen LogP contribution in [0.3, 0.4) is 0 Å². The number of rotatable bonds is 17. The summed E-state index contributed by atoms with van der Waals surface area (Å²) in [5, 5.41) is 0. The third-order valence-corrected chi connectivity index (χ3v) is 6.21. The maximum Gasteiger partial charge on any atom is 0.0474 e. The molecule has 0 aliphatic rings. The fraction of sp³-hybridized carbons (Fsp3) is 1.00. The molecule has 0 aliphatic carbocycles. The van der Waals surface area contributed by atoms with Crippen molar-refractivity contribution in [2.45, 2.75) is 135 Å². The Bertz CT molecular complexity index is 224. The molecule has 0 aliphatic heterocycles. The molecule has 0 aromatic carbocycles. The van der Waals surface area contributed by atoms with Gasteiger partial charge < -0.3 is 0 Å². The Hall–Kier alpha value is 0.290. The Morgan fingerprint density at radius 1 is 0.609 bits per heavy atom. The molecule has 0 radical (unpaired) electrons. The van der Waals surface area contributed by atoms with Gasteiger partial charge in [0.1, 0.15) is 0 Å². The smallest absolute Gasteiger partial charge is 0.0474 e. The minimum absolute atomic E-state index is 0.0858. The molecule has 0 saturated carbocycles. The summed E-state index contributed by atoms with van der Waals surface area (Å²) in [6, 6.07) is 0. The first-order valence-corrected chi connectivity index (χ1v) is 11.2. The van der Waals surface area contributed by atoms with E-state index < -0.39 is 0 Å². The first-order chi connectivity index (χ1) is 11.1. The van der Waals surface area contributed by atoms with Crippen LogP contribution in [0.25, 0.3) is 0 Å². The summed E-state index contributed by atoms with van der Waals surface area (Å²) >= 11 is 7.28. The van der Waals surface area contributed by atoms with Crippen LogP contribution >= 0.6 is 11.6 Å². The van der Waals surface area contributed by atoms with Crippen molar-refractivity contribution in [1.82, 2.24) is 0 Å². The highest BCUT2D eigenvalue weighted by Crippen LogP contribution is 2.41. The van der Waals surface area contributed by atoms with Gasteiger partial charge in [-0.25, -0.2) is 0 Å². The summed E-state index contributed by atoms with van der Waals surface area (Å²) in [6.07, 6.45) is 21.4. The second kappa shape index (κ2) is 15.8. The molecule has 0 aromatic heterocycles. The lowest BCUT2D eigenvalue weighted by molar-refractivity contribution is 0.278. The van der Waals surface area contributed by atoms with Crippen LogP contribution in [0.1, 0.15) is 130 Å². The average Bonchev–Trinajstić information content (AvgIpc) is 2.56. The topological polar surface area (TPSA) is 0 Å². The van der Waals surface area contributed by atoms with E-state index in [4.69, 9.17) is 11.6 Å². The zero-order chi connectivity index (χ0) is 17.4. The molecule has 0 spiro atoms. The molecule has 1 atom stereocenters. The summed E-state index contributed by atoms with van der Waals surface area (Å²) in [4.78, 5) is 0.0858. The lowest BCUT2D eigenvalue weighted by Gasteiger charge is -2.36. The number of unbranched alkanes of at least 4 members (excludes halogenated alkanes) is 9. The van der Waals surface area contributed by atoms with Gasteiger partial charge >= 0.3 is 0 Å². The standard InChI is InChI=1S/C22H45Cl/c1-5-9-12-15-18-21(8-4)22(23,19-16-13-10-6-2)20-17-14-11-7-3/h21H,5-20H2,1-4H3. The first kappa shape index (κ1) is 23.3. The Morgan fingerprint density at radius 3 is 1.43 bits per heavy atom. The fourth-order valence-electron chi connectivity index (χ4n) is 3.87. The van der Waals surface area contributed by atoms with Crippen molar-refractivity contribution in [1.29, 1.82) is 0 Å². The Kier molecular flexibility index (Phi) is 16.0. The summed E-state index contributed by atoms with van der Waals surface area (Å²) in [7, 11) is 0. The molecule has 1 heteroatoms. The number of halogens is 1. The van der Waals surface area contributed by atoms with Crippen molar-refractivity contribution in [2.75, 3.05) is 0 Å². The molecule has 0 rings (SSSR count). The highest BCUT2D eigenvalue weighted by molar-refractivity contribution is 6.24. The molecule has 0 nitrogen and oxygen atoms in total. The zero-order valence-corrected chi connectivity index (χ0v) is 17.5. The van der Waals surface area contributed by atoms with Crippen molar-refractivity contribution in [2.24, 2.45) is 5.92 Å². The first-order valence-electron chi connectivity index (χ1n) is 10.8. The third kappa shape index (κ3) is 11.5. The van der Waals surface area contributed by atoms with Crippen LogP contribution in [-0.4, -0.2) is 4.87 Å². The molecular weight excluding hydrogens is 300 g/mol. The second-order valence-electron chi connectivity index (χ2n) is 7.61. The van der Waals surface area contributed by atoms with E-state index >= 15 is 0 Å². The van der Waals surface area contributed by atoms with Crippen molar-refractivity contribution in [3.05, 3.63) is 0 Å². The number of alkyl halides is 1. The van der Waals surface area contributed by atoms with Crippen LogP contribution in [0.15, 0.2) is 0 Å². The van der Waals surface area contributed by atoms with Gasteiger partial charge in [-0.15, -0.1) is 11.6 Å². The number of hydrogen-bond acceptors (Lipinski definition) is 0. The third-order valence-electron chi connectivity index (χ3n) is 5.52. The summed E-state index contributed by atoms with van der Waals surface area (Å²) < 4.78 is 0. The Labute approximate surface area is 153 Å². The van der Waals surface area contributed by atoms with Gasteiger partial charge in [-0.05, 0) is 25.2 Å². The lowest BCUT2D eigenvalue weighted by atomic mass is 9.78. The molecular formula is C22H45Cl. The summed E-state index contributed by atoms with van der Waals surface area (Å²) in [5.74, 6) is 0.726. The Morgan fingerprint density at radius 2 is 1.04 bits per heavy atom. The second-order valence-corrected chi connectivity index (χ2v) is 8.36. The fourth-order valence-corrected chi connectivity index (χ4v) is 4.40. The van der Waals surface area contributed by atoms with Crippen molar-refractivity contribution in [3.63, 3.8) is 0 Å². The average molecular weight is 345 g/mol. The maximum absolute atomic E-state index is 7.28. The molecule has 0 bridgehead atoms. The molecule has 0 saturated heterocycles. The quantitative estimate of drug-likeness (QED) is 0.182.